The van der Waals surface area contributed by atoms with Crippen molar-refractivity contribution in [1.82, 2.24) is 10.6 Å². The molecule has 1 aromatic rings. The van der Waals surface area contributed by atoms with Crippen LogP contribution in [0.1, 0.15) is 36.0 Å². The number of amides is 2. The summed E-state index contributed by atoms with van der Waals surface area (Å²) in [5, 5.41) is 14.7. The molecule has 9 heteroatoms. The largest absolute Gasteiger partial charge is 0.481 e. The van der Waals surface area contributed by atoms with Crippen molar-refractivity contribution in [2.24, 2.45) is 16.8 Å². The highest BCUT2D eigenvalue weighted by Crippen LogP contribution is 2.30. The van der Waals surface area contributed by atoms with Crippen molar-refractivity contribution in [3.05, 3.63) is 48.0 Å². The summed E-state index contributed by atoms with van der Waals surface area (Å²) in [5.41, 5.74) is 0.524. The van der Waals surface area contributed by atoms with E-state index in [4.69, 9.17) is 21.4 Å². The van der Waals surface area contributed by atoms with Crippen molar-refractivity contribution < 1.29 is 24.2 Å². The maximum atomic E-state index is 12.7. The molecule has 31 heavy (non-hydrogen) atoms. The Kier molecular flexibility index (Phi) is 7.12. The van der Waals surface area contributed by atoms with Crippen molar-refractivity contribution in [2.45, 2.75) is 36.4 Å². The molecule has 2 atom stereocenters. The molecule has 0 saturated heterocycles. The van der Waals surface area contributed by atoms with E-state index in [9.17, 15) is 14.4 Å². The van der Waals surface area contributed by atoms with E-state index in [-0.39, 0.29) is 24.3 Å². The Morgan fingerprint density at radius 3 is 2.32 bits per heavy atom. The van der Waals surface area contributed by atoms with Crippen molar-refractivity contribution in [1.29, 1.82) is 0 Å². The Bertz CT molecular complexity index is 864. The van der Waals surface area contributed by atoms with Crippen molar-refractivity contribution in [3.8, 4) is 0 Å². The number of aliphatic imine (C=N–C) groups is 1. The van der Waals surface area contributed by atoms with Crippen LogP contribution in [0.3, 0.4) is 0 Å². The summed E-state index contributed by atoms with van der Waals surface area (Å²) in [7, 11) is 1.42. The van der Waals surface area contributed by atoms with Gasteiger partial charge in [-0.05, 0) is 43.9 Å². The summed E-state index contributed by atoms with van der Waals surface area (Å²) >= 11 is 6.55. The zero-order valence-corrected chi connectivity index (χ0v) is 18.0. The standard InChI is InChI=1S/C22H26ClN3O5/c1-31-22(26-19(28)16-7-9-17(10-8-16)20(29)30)12-11-21(23,14-25-22)13-24-18(27)15-5-3-2-4-6-15/h2-6,11-12,14,16-17H,7-10,13H2,1H3,(H,24,27)(H,26,28)(H,29,30)/t16-,17-,21?,22?. The molecule has 1 saturated carbocycles. The molecule has 1 aromatic carbocycles. The fourth-order valence-electron chi connectivity index (χ4n) is 3.68. The lowest BCUT2D eigenvalue weighted by Gasteiger charge is -2.34. The van der Waals surface area contributed by atoms with E-state index in [1.54, 1.807) is 36.4 Å². The first-order valence-corrected chi connectivity index (χ1v) is 10.5. The first-order chi connectivity index (χ1) is 14.8. The van der Waals surface area contributed by atoms with Gasteiger partial charge in [0, 0.05) is 31.4 Å². The monoisotopic (exact) mass is 447 g/mol. The van der Waals surface area contributed by atoms with Crippen LogP contribution in [-0.2, 0) is 14.3 Å². The number of carboxylic acid groups (broad SMARTS) is 1. The second kappa shape index (κ2) is 9.62. The number of alkyl halides is 1. The maximum Gasteiger partial charge on any atom is 0.306 e. The minimum atomic E-state index is -1.39. The van der Waals surface area contributed by atoms with E-state index in [0.29, 0.717) is 31.2 Å². The van der Waals surface area contributed by atoms with Gasteiger partial charge in [0.1, 0.15) is 4.87 Å². The number of methoxy groups -OCH3 is 1. The molecular formula is C22H26ClN3O5. The maximum absolute atomic E-state index is 12.7. The van der Waals surface area contributed by atoms with Gasteiger partial charge in [0.25, 0.3) is 11.8 Å². The topological polar surface area (TPSA) is 117 Å². The highest BCUT2D eigenvalue weighted by molar-refractivity contribution is 6.34. The normalized spacial score (nSPS) is 29.9. The minimum absolute atomic E-state index is 0.106. The second-order valence-corrected chi connectivity index (χ2v) is 8.55. The van der Waals surface area contributed by atoms with E-state index >= 15 is 0 Å². The number of carbonyl (C=O) groups is 3. The molecule has 3 N–H and O–H groups in total. The number of carboxylic acids is 1. The first-order valence-electron chi connectivity index (χ1n) is 10.1. The number of ether oxygens (including phenoxy) is 1. The number of dihydropyridines is 1. The third-order valence-corrected chi connectivity index (χ3v) is 6.03. The van der Waals surface area contributed by atoms with E-state index in [0.717, 1.165) is 0 Å². The van der Waals surface area contributed by atoms with Gasteiger partial charge in [-0.15, -0.1) is 11.6 Å². The Morgan fingerprint density at radius 2 is 1.77 bits per heavy atom. The summed E-state index contributed by atoms with van der Waals surface area (Å²) in [6.07, 6.45) is 6.55. The number of benzene rings is 1. The predicted molar refractivity (Wildman–Crippen MR) is 116 cm³/mol. The number of nitrogens with zero attached hydrogens (tertiary/aromatic N) is 1. The third-order valence-electron chi connectivity index (χ3n) is 5.67. The Balaban J connectivity index is 1.57. The molecule has 1 aliphatic carbocycles. The van der Waals surface area contributed by atoms with Crippen LogP contribution in [0.25, 0.3) is 0 Å². The molecule has 2 amide bonds. The fraction of sp³-hybridized carbons (Fsp3) is 0.455. The van der Waals surface area contributed by atoms with Gasteiger partial charge >= 0.3 is 5.97 Å². The average Bonchev–Trinajstić information content (AvgIpc) is 2.80. The van der Waals surface area contributed by atoms with Crippen molar-refractivity contribution >= 4 is 35.6 Å². The van der Waals surface area contributed by atoms with Gasteiger partial charge < -0.3 is 20.5 Å². The summed E-state index contributed by atoms with van der Waals surface area (Å²) < 4.78 is 5.43. The molecule has 0 radical (unpaired) electrons. The number of carbonyl (C=O) groups excluding carboxylic acids is 2. The lowest BCUT2D eigenvalue weighted by Crippen LogP contribution is -2.53. The van der Waals surface area contributed by atoms with Crippen LogP contribution < -0.4 is 10.6 Å². The van der Waals surface area contributed by atoms with Crippen LogP contribution in [0, 0.1) is 11.8 Å². The number of rotatable bonds is 7. The SMILES string of the molecule is COC1(NC(=O)[C@H]2CC[C@H](C(=O)O)CC2)C=CC(Cl)(CNC(=O)c2ccccc2)C=N1. The average molecular weight is 448 g/mol. The van der Waals surface area contributed by atoms with Crippen LogP contribution in [0.15, 0.2) is 47.5 Å². The summed E-state index contributed by atoms with van der Waals surface area (Å²) in [4.78, 5) is 39.3. The highest BCUT2D eigenvalue weighted by Gasteiger charge is 2.38. The quantitative estimate of drug-likeness (QED) is 0.337. The van der Waals surface area contributed by atoms with Gasteiger partial charge in [-0.1, -0.05) is 24.3 Å². The van der Waals surface area contributed by atoms with Crippen LogP contribution in [0.5, 0.6) is 0 Å². The second-order valence-electron chi connectivity index (χ2n) is 7.84. The predicted octanol–water partition coefficient (Wildman–Crippen LogP) is 2.34. The molecule has 0 aromatic heterocycles. The number of nitrogens with one attached hydrogen (secondary N) is 2. The highest BCUT2D eigenvalue weighted by atomic mass is 35.5. The van der Waals surface area contributed by atoms with Gasteiger partial charge in [0.05, 0.1) is 5.92 Å². The molecule has 166 valence electrons. The van der Waals surface area contributed by atoms with Gasteiger partial charge in [0.2, 0.25) is 5.91 Å². The smallest absolute Gasteiger partial charge is 0.306 e. The van der Waals surface area contributed by atoms with Crippen LogP contribution >= 0.6 is 11.6 Å². The van der Waals surface area contributed by atoms with Crippen molar-refractivity contribution in [3.63, 3.8) is 0 Å². The molecule has 0 spiro atoms. The molecule has 2 unspecified atom stereocenters. The summed E-state index contributed by atoms with van der Waals surface area (Å²) in [5.74, 6) is -3.38. The number of hydrogen-bond donors (Lipinski definition) is 3. The zero-order chi connectivity index (χ0) is 22.5. The molecule has 8 nitrogen and oxygen atoms in total. The minimum Gasteiger partial charge on any atom is -0.481 e. The molecule has 1 fully saturated rings. The van der Waals surface area contributed by atoms with Crippen LogP contribution in [-0.4, -0.2) is 53.5 Å². The Morgan fingerprint density at radius 1 is 1.13 bits per heavy atom. The molecular weight excluding hydrogens is 422 g/mol. The van der Waals surface area contributed by atoms with Crippen LogP contribution in [0.2, 0.25) is 0 Å². The zero-order valence-electron chi connectivity index (χ0n) is 17.2. The molecule has 1 aliphatic heterocycles. The fourth-order valence-corrected chi connectivity index (χ4v) is 3.86. The molecule has 2 aliphatic rings. The molecule has 3 rings (SSSR count). The van der Waals surface area contributed by atoms with E-state index in [1.807, 2.05) is 6.07 Å². The summed E-state index contributed by atoms with van der Waals surface area (Å²) in [6, 6.07) is 8.79. The Labute approximate surface area is 185 Å². The van der Waals surface area contributed by atoms with Gasteiger partial charge in [-0.2, -0.15) is 0 Å². The first kappa shape index (κ1) is 23.0. The lowest BCUT2D eigenvalue weighted by atomic mass is 9.81. The van der Waals surface area contributed by atoms with Gasteiger partial charge in [-0.25, -0.2) is 4.99 Å². The third kappa shape index (κ3) is 5.71. The van der Waals surface area contributed by atoms with Crippen LogP contribution in [0.4, 0.5) is 0 Å². The number of aliphatic carboxylic acids is 1. The summed E-state index contributed by atoms with van der Waals surface area (Å²) in [6.45, 7) is 0.106. The van der Waals surface area contributed by atoms with Crippen molar-refractivity contribution in [2.75, 3.05) is 13.7 Å². The number of halogens is 1. The van der Waals surface area contributed by atoms with E-state index in [1.165, 1.54) is 13.3 Å². The molecule has 1 heterocycles. The lowest BCUT2D eigenvalue weighted by molar-refractivity contribution is -0.144. The van der Waals surface area contributed by atoms with E-state index in [2.05, 4.69) is 15.6 Å². The number of hydrogen-bond acceptors (Lipinski definition) is 5. The van der Waals surface area contributed by atoms with Gasteiger partial charge in [0.15, 0.2) is 0 Å². The Hall–Kier alpha value is -2.71. The van der Waals surface area contributed by atoms with Gasteiger partial charge in [-0.3, -0.25) is 14.4 Å². The van der Waals surface area contributed by atoms with E-state index < -0.39 is 22.6 Å². The molecule has 0 bridgehead atoms.